The van der Waals surface area contributed by atoms with Gasteiger partial charge in [-0.3, -0.25) is 0 Å². The van der Waals surface area contributed by atoms with Gasteiger partial charge < -0.3 is 0 Å². The van der Waals surface area contributed by atoms with E-state index in [1.165, 1.54) is 0 Å². The van der Waals surface area contributed by atoms with Crippen LogP contribution in [0.4, 0.5) is 158 Å². The fraction of sp³-hybridized carbons (Fsp3) is 0.200. The van der Waals surface area contributed by atoms with Crippen LogP contribution in [-0.4, -0.2) is 38.2 Å². The first-order valence-electron chi connectivity index (χ1n) is 19.0. The zero-order valence-electron chi connectivity index (χ0n) is 34.8. The molecular formula is C40B2F36. The maximum atomic E-state index is 16.0. The van der Waals surface area contributed by atoms with Gasteiger partial charge in [-0.2, -0.15) is 52.7 Å². The Bertz CT molecular complexity index is 3520. The number of hydrogen-bond donors (Lipinski definition) is 0. The Balaban J connectivity index is 0.000000231. The van der Waals surface area contributed by atoms with Crippen LogP contribution in [0.15, 0.2) is 0 Å². The van der Waals surface area contributed by atoms with Gasteiger partial charge in [0.05, 0.1) is 27.3 Å². The molecule has 6 aromatic rings. The minimum Gasteiger partial charge on any atom is -0.242 e. The lowest BCUT2D eigenvalue weighted by Crippen LogP contribution is -2.74. The lowest BCUT2D eigenvalue weighted by Gasteiger charge is -2.51. The van der Waals surface area contributed by atoms with E-state index in [1.807, 2.05) is 0 Å². The predicted octanol–water partition coefficient (Wildman–Crippen LogP) is 13.8. The Hall–Kier alpha value is -6.55. The molecule has 2 unspecified atom stereocenters. The summed E-state index contributed by atoms with van der Waals surface area (Å²) in [6.07, 6.45) is 0. The Morgan fingerprint density at radius 1 is 0.192 bits per heavy atom. The van der Waals surface area contributed by atoms with Gasteiger partial charge in [-0.15, -0.1) is 0 Å². The molecule has 78 heavy (non-hydrogen) atoms. The van der Waals surface area contributed by atoms with Crippen LogP contribution in [0, 0.1) is 128 Å². The van der Waals surface area contributed by atoms with Crippen molar-refractivity contribution in [2.24, 2.45) is 0 Å². The van der Waals surface area contributed by atoms with Gasteiger partial charge >= 0.3 is 35.5 Å². The summed E-state index contributed by atoms with van der Waals surface area (Å²) in [5.41, 5.74) is -34.7. The van der Waals surface area contributed by atoms with Crippen molar-refractivity contribution < 1.29 is 158 Å². The van der Waals surface area contributed by atoms with E-state index in [0.29, 0.717) is 0 Å². The van der Waals surface area contributed by atoms with Crippen molar-refractivity contribution in [2.75, 3.05) is 0 Å². The van der Waals surface area contributed by atoms with Crippen molar-refractivity contribution in [3.05, 3.63) is 150 Å². The second kappa shape index (κ2) is 17.5. The largest absolute Gasteiger partial charge is 0.379 e. The monoisotopic (exact) mass is 1190 g/mol. The first-order chi connectivity index (χ1) is 35.2. The molecule has 0 fully saturated rings. The van der Waals surface area contributed by atoms with E-state index in [-0.39, 0.29) is 0 Å². The minimum absolute atomic E-state index is 0.459. The number of rotatable bonds is 4. The van der Waals surface area contributed by atoms with Gasteiger partial charge in [0.15, 0.2) is 127 Å². The number of hydrogen-bond acceptors (Lipinski definition) is 0. The molecule has 0 nitrogen and oxygen atoms in total. The van der Waals surface area contributed by atoms with Crippen LogP contribution in [0.5, 0.6) is 0 Å². The predicted molar refractivity (Wildman–Crippen MR) is 184 cm³/mol. The molecule has 2 aliphatic rings. The Kier molecular flexibility index (Phi) is 13.2. The summed E-state index contributed by atoms with van der Waals surface area (Å²) in [4.78, 5) is 0. The summed E-state index contributed by atoms with van der Waals surface area (Å²) in [5.74, 6) is -113. The van der Waals surface area contributed by atoms with Crippen LogP contribution < -0.4 is 10.9 Å². The van der Waals surface area contributed by atoms with E-state index < -0.39 is 244 Å². The minimum atomic E-state index is -7.85. The van der Waals surface area contributed by atoms with E-state index >= 15 is 13.2 Å². The first kappa shape index (κ1) is 59.1. The molecular weight excluding hydrogens is 1190 g/mol. The standard InChI is InChI=1S/C20BF22.C20BF14/c22-5-1-3(7(24)11(28)9(5)26)15(32,33)19(40,41)17(36,37)13(1,30)21-14(31)2-4(8(25)12(29)10(27)6(2)23)16(34,35)20(42,43)18(14,38)39;22-7-1-2(8(23)4-3(7)10(25)16(31)17(32)11(4)26)9(24)15(30)12(27)5(1)21-6-13(28)18(33)20(35)19(34)14(6)29. The molecule has 0 N–H and O–H groups in total. The summed E-state index contributed by atoms with van der Waals surface area (Å²) >= 11 is 0. The lowest BCUT2D eigenvalue weighted by molar-refractivity contribution is -0.360. The highest BCUT2D eigenvalue weighted by molar-refractivity contribution is 6.70. The zero-order valence-corrected chi connectivity index (χ0v) is 34.8. The molecule has 0 spiro atoms. The van der Waals surface area contributed by atoms with E-state index in [1.54, 1.807) is 0 Å². The van der Waals surface area contributed by atoms with Gasteiger partial charge in [0.25, 0.3) is 0 Å². The van der Waals surface area contributed by atoms with Crippen LogP contribution in [0.2, 0.25) is 0 Å². The van der Waals surface area contributed by atoms with Crippen LogP contribution in [0.25, 0.3) is 21.5 Å². The summed E-state index contributed by atoms with van der Waals surface area (Å²) in [7, 11) is -3.39. The number of benzene rings is 6. The first-order valence-corrected chi connectivity index (χ1v) is 19.0. The highest BCUT2D eigenvalue weighted by Gasteiger charge is 2.91. The van der Waals surface area contributed by atoms with Crippen LogP contribution >= 0.6 is 0 Å². The van der Waals surface area contributed by atoms with Crippen LogP contribution in [-0.2, 0) is 23.0 Å². The van der Waals surface area contributed by atoms with Crippen molar-refractivity contribution >= 4 is 47.0 Å². The average Bonchev–Trinajstić information content (AvgIpc) is 3.49. The third kappa shape index (κ3) is 6.88. The molecule has 2 radical (unpaired) electrons. The molecule has 0 aromatic heterocycles. The summed E-state index contributed by atoms with van der Waals surface area (Å²) in [5, 5.41) is -8.21. The van der Waals surface area contributed by atoms with Crippen molar-refractivity contribution in [3.63, 3.8) is 0 Å². The maximum absolute atomic E-state index is 16.0. The quantitative estimate of drug-likeness (QED) is 0.0543. The second-order valence-electron chi connectivity index (χ2n) is 15.9. The van der Waals surface area contributed by atoms with E-state index in [4.69, 9.17) is 0 Å². The zero-order chi connectivity index (χ0) is 59.9. The molecule has 8 rings (SSSR count). The van der Waals surface area contributed by atoms with Gasteiger partial charge in [-0.1, -0.05) is 0 Å². The van der Waals surface area contributed by atoms with Crippen molar-refractivity contribution in [1.29, 1.82) is 0 Å². The Labute approximate surface area is 402 Å². The van der Waals surface area contributed by atoms with Crippen molar-refractivity contribution in [2.45, 2.75) is 46.7 Å². The smallest absolute Gasteiger partial charge is 0.242 e. The molecule has 0 aliphatic heterocycles. The Morgan fingerprint density at radius 3 is 0.731 bits per heavy atom. The topological polar surface area (TPSA) is 0 Å². The summed E-state index contributed by atoms with van der Waals surface area (Å²) in [6, 6.07) is 0. The number of halogens is 36. The van der Waals surface area contributed by atoms with Crippen LogP contribution in [0.1, 0.15) is 22.3 Å². The molecule has 0 amide bonds. The van der Waals surface area contributed by atoms with Gasteiger partial charge in [-0.05, 0) is 10.9 Å². The fourth-order valence-corrected chi connectivity index (χ4v) is 8.05. The molecule has 2 atom stereocenters. The van der Waals surface area contributed by atoms with E-state index in [0.717, 1.165) is 0 Å². The Morgan fingerprint density at radius 2 is 0.410 bits per heavy atom. The van der Waals surface area contributed by atoms with Crippen molar-refractivity contribution in [1.82, 2.24) is 0 Å². The molecule has 0 heterocycles. The SMILES string of the molecule is Fc1c(F)c(F)c([B]c2c(F)c(F)c(F)c3c(F)c4c(F)c(F)c(F)c(F)c4c(F)c23)c(F)c1F.Fc1c(F)c(F)c2c(c1F)C(F)(F)C(F)(F)C(F)(F)C2(F)[B]C1(F)c2c(F)c(F)c(F)c(F)c2C(F)(F)C(F)(F)C1(F)F. The third-order valence-corrected chi connectivity index (χ3v) is 11.8. The normalized spacial score (nSPS) is 21.3. The molecule has 6 aromatic carbocycles. The molecule has 0 saturated heterocycles. The van der Waals surface area contributed by atoms with E-state index in [9.17, 15) is 145 Å². The fourth-order valence-electron chi connectivity index (χ4n) is 8.05. The van der Waals surface area contributed by atoms with Gasteiger partial charge in [0, 0.05) is 16.5 Å². The number of fused-ring (bicyclic) bond motifs is 4. The van der Waals surface area contributed by atoms with Gasteiger partial charge in [0.1, 0.15) is 11.6 Å². The molecule has 418 valence electrons. The lowest BCUT2D eigenvalue weighted by atomic mass is 9.40. The van der Waals surface area contributed by atoms with Gasteiger partial charge in [-0.25, -0.2) is 105 Å². The number of alkyl halides is 14. The second-order valence-corrected chi connectivity index (χ2v) is 15.9. The van der Waals surface area contributed by atoms with E-state index in [2.05, 4.69) is 0 Å². The molecule has 0 bridgehead atoms. The highest BCUT2D eigenvalue weighted by Crippen LogP contribution is 2.70. The molecule has 38 heteroatoms. The third-order valence-electron chi connectivity index (χ3n) is 11.8. The average molecular weight is 1190 g/mol. The molecule has 0 saturated carbocycles. The maximum Gasteiger partial charge on any atom is 0.379 e. The van der Waals surface area contributed by atoms with Crippen molar-refractivity contribution in [3.8, 4) is 0 Å². The summed E-state index contributed by atoms with van der Waals surface area (Å²) < 4.78 is 514. The van der Waals surface area contributed by atoms with Crippen LogP contribution in [0.3, 0.4) is 0 Å². The van der Waals surface area contributed by atoms with Gasteiger partial charge in [0.2, 0.25) is 14.6 Å². The summed E-state index contributed by atoms with van der Waals surface area (Å²) in [6.45, 7) is 0. The highest BCUT2D eigenvalue weighted by atomic mass is 19.4. The molecule has 2 aliphatic carbocycles.